The smallest absolute Gasteiger partial charge is 0.142 e. The predicted molar refractivity (Wildman–Crippen MR) is 78.6 cm³/mol. The summed E-state index contributed by atoms with van der Waals surface area (Å²) in [6.07, 6.45) is 0. The van der Waals surface area contributed by atoms with Crippen LogP contribution in [0.5, 0.6) is 5.75 Å². The van der Waals surface area contributed by atoms with Crippen molar-refractivity contribution < 1.29 is 9.13 Å². The number of nitrogens with two attached hydrogens (primary N) is 1. The Morgan fingerprint density at radius 2 is 2.00 bits per heavy atom. The summed E-state index contributed by atoms with van der Waals surface area (Å²) >= 11 is 4.76. The molecule has 0 aliphatic rings. The number of hydrogen-bond acceptors (Lipinski definition) is 3. The monoisotopic (exact) mass is 276 g/mol. The number of benzene rings is 2. The number of para-hydroxylation sites is 2. The largest absolute Gasteiger partial charge is 0.495 e. The predicted octanol–water partition coefficient (Wildman–Crippen LogP) is 3.21. The van der Waals surface area contributed by atoms with Crippen LogP contribution in [0.2, 0.25) is 0 Å². The van der Waals surface area contributed by atoms with Gasteiger partial charge in [-0.15, -0.1) is 0 Å². The second-order valence-electron chi connectivity index (χ2n) is 3.88. The normalized spacial score (nSPS) is 10.0. The third kappa shape index (κ3) is 3.00. The maximum atomic E-state index is 13.7. The maximum Gasteiger partial charge on any atom is 0.142 e. The molecule has 0 aromatic heterocycles. The highest BCUT2D eigenvalue weighted by atomic mass is 32.1. The molecule has 19 heavy (non-hydrogen) atoms. The molecule has 3 N–H and O–H groups in total. The number of ether oxygens (including phenoxy) is 1. The van der Waals surface area contributed by atoms with Gasteiger partial charge >= 0.3 is 0 Å². The van der Waals surface area contributed by atoms with E-state index in [-0.39, 0.29) is 10.6 Å². The minimum atomic E-state index is -0.451. The second kappa shape index (κ2) is 5.67. The standard InChI is InChI=1S/C14H13FN2OS/c1-18-13-5-3-2-4-12(13)17-9-6-7-10(14(16)19)11(15)8-9/h2-8,17H,1H3,(H2,16,19). The van der Waals surface area contributed by atoms with Gasteiger partial charge in [0.2, 0.25) is 0 Å². The summed E-state index contributed by atoms with van der Waals surface area (Å²) in [5.74, 6) is 0.230. The van der Waals surface area contributed by atoms with Crippen molar-refractivity contribution in [1.82, 2.24) is 0 Å². The fraction of sp³-hybridized carbons (Fsp3) is 0.0714. The molecule has 0 aliphatic heterocycles. The third-order valence-corrected chi connectivity index (χ3v) is 2.84. The molecule has 2 aromatic carbocycles. The Labute approximate surface area is 116 Å². The molecule has 0 unspecified atom stereocenters. The van der Waals surface area contributed by atoms with Gasteiger partial charge in [0.05, 0.1) is 12.8 Å². The molecular formula is C14H13FN2OS. The molecule has 3 nitrogen and oxygen atoms in total. The molecule has 5 heteroatoms. The van der Waals surface area contributed by atoms with Crippen LogP contribution in [0.15, 0.2) is 42.5 Å². The number of rotatable bonds is 4. The highest BCUT2D eigenvalue weighted by molar-refractivity contribution is 7.80. The molecule has 98 valence electrons. The van der Waals surface area contributed by atoms with E-state index in [2.05, 4.69) is 5.32 Å². The van der Waals surface area contributed by atoms with Gasteiger partial charge in [0, 0.05) is 11.3 Å². The van der Waals surface area contributed by atoms with Crippen molar-refractivity contribution in [2.45, 2.75) is 0 Å². The number of nitrogens with one attached hydrogen (secondary N) is 1. The summed E-state index contributed by atoms with van der Waals surface area (Å²) in [5.41, 5.74) is 7.01. The van der Waals surface area contributed by atoms with E-state index in [4.69, 9.17) is 22.7 Å². The van der Waals surface area contributed by atoms with Crippen molar-refractivity contribution in [3.8, 4) is 5.75 Å². The summed E-state index contributed by atoms with van der Waals surface area (Å²) < 4.78 is 19.0. The third-order valence-electron chi connectivity index (χ3n) is 2.62. The molecule has 2 aromatic rings. The SMILES string of the molecule is COc1ccccc1Nc1ccc(C(N)=S)c(F)c1. The van der Waals surface area contributed by atoms with Gasteiger partial charge in [0.1, 0.15) is 16.6 Å². The van der Waals surface area contributed by atoms with Crippen molar-refractivity contribution in [3.05, 3.63) is 53.8 Å². The summed E-state index contributed by atoms with van der Waals surface area (Å²) in [6, 6.07) is 12.0. The number of methoxy groups -OCH3 is 1. The van der Waals surface area contributed by atoms with E-state index in [1.807, 2.05) is 24.3 Å². The number of thiocarbonyl (C=S) groups is 1. The average molecular weight is 276 g/mol. The van der Waals surface area contributed by atoms with Crippen molar-refractivity contribution in [2.75, 3.05) is 12.4 Å². The second-order valence-corrected chi connectivity index (χ2v) is 4.32. The van der Waals surface area contributed by atoms with Crippen LogP contribution < -0.4 is 15.8 Å². The Hall–Kier alpha value is -2.14. The fourth-order valence-electron chi connectivity index (χ4n) is 1.70. The van der Waals surface area contributed by atoms with Crippen LogP contribution in [0.3, 0.4) is 0 Å². The zero-order valence-corrected chi connectivity index (χ0v) is 11.1. The lowest BCUT2D eigenvalue weighted by Crippen LogP contribution is -2.11. The first-order valence-corrected chi connectivity index (χ1v) is 6.02. The van der Waals surface area contributed by atoms with Gasteiger partial charge in [0.15, 0.2) is 0 Å². The zero-order valence-electron chi connectivity index (χ0n) is 10.3. The molecule has 0 amide bonds. The van der Waals surface area contributed by atoms with Crippen LogP contribution >= 0.6 is 12.2 Å². The molecule has 0 saturated carbocycles. The quantitative estimate of drug-likeness (QED) is 0.842. The van der Waals surface area contributed by atoms with E-state index in [9.17, 15) is 4.39 Å². The minimum Gasteiger partial charge on any atom is -0.495 e. The minimum absolute atomic E-state index is 0.0429. The lowest BCUT2D eigenvalue weighted by Gasteiger charge is -2.11. The molecule has 0 fully saturated rings. The van der Waals surface area contributed by atoms with Crippen LogP contribution in [0, 0.1) is 5.82 Å². The van der Waals surface area contributed by atoms with Gasteiger partial charge in [-0.2, -0.15) is 0 Å². The first-order chi connectivity index (χ1) is 9.11. The number of hydrogen-bond donors (Lipinski definition) is 2. The van der Waals surface area contributed by atoms with Crippen LogP contribution in [0.1, 0.15) is 5.56 Å². The number of anilines is 2. The molecular weight excluding hydrogens is 263 g/mol. The Balaban J connectivity index is 2.29. The van der Waals surface area contributed by atoms with E-state index in [1.165, 1.54) is 6.07 Å². The molecule has 0 aliphatic carbocycles. The molecule has 0 radical (unpaired) electrons. The fourth-order valence-corrected chi connectivity index (χ4v) is 1.86. The van der Waals surface area contributed by atoms with Crippen molar-refractivity contribution in [3.63, 3.8) is 0 Å². The van der Waals surface area contributed by atoms with Gasteiger partial charge in [-0.1, -0.05) is 24.4 Å². The topological polar surface area (TPSA) is 47.3 Å². The Bertz CT molecular complexity index is 616. The van der Waals surface area contributed by atoms with Gasteiger partial charge in [-0.05, 0) is 30.3 Å². The van der Waals surface area contributed by atoms with Gasteiger partial charge < -0.3 is 15.8 Å². The van der Waals surface area contributed by atoms with Crippen LogP contribution in [-0.4, -0.2) is 12.1 Å². The Morgan fingerprint density at radius 1 is 1.26 bits per heavy atom. The van der Waals surface area contributed by atoms with E-state index in [1.54, 1.807) is 19.2 Å². The Kier molecular flexibility index (Phi) is 3.97. The van der Waals surface area contributed by atoms with E-state index >= 15 is 0 Å². The lowest BCUT2D eigenvalue weighted by atomic mass is 10.2. The van der Waals surface area contributed by atoms with Gasteiger partial charge in [0.25, 0.3) is 0 Å². The molecule has 0 heterocycles. The summed E-state index contributed by atoms with van der Waals surface area (Å²) in [7, 11) is 1.58. The highest BCUT2D eigenvalue weighted by Crippen LogP contribution is 2.27. The first kappa shape index (κ1) is 13.3. The van der Waals surface area contributed by atoms with Crippen molar-refractivity contribution in [1.29, 1.82) is 0 Å². The van der Waals surface area contributed by atoms with E-state index < -0.39 is 5.82 Å². The molecule has 0 spiro atoms. The van der Waals surface area contributed by atoms with Gasteiger partial charge in [-0.3, -0.25) is 0 Å². The molecule has 0 saturated heterocycles. The van der Waals surface area contributed by atoms with Gasteiger partial charge in [-0.25, -0.2) is 4.39 Å². The van der Waals surface area contributed by atoms with Crippen molar-refractivity contribution in [2.24, 2.45) is 5.73 Å². The molecule has 2 rings (SSSR count). The zero-order chi connectivity index (χ0) is 13.8. The summed E-state index contributed by atoms with van der Waals surface area (Å²) in [5, 5.41) is 3.08. The Morgan fingerprint density at radius 3 is 2.63 bits per heavy atom. The molecule has 0 atom stereocenters. The lowest BCUT2D eigenvalue weighted by molar-refractivity contribution is 0.417. The molecule has 0 bridgehead atoms. The van der Waals surface area contributed by atoms with E-state index in [0.717, 1.165) is 5.69 Å². The van der Waals surface area contributed by atoms with E-state index in [0.29, 0.717) is 11.4 Å². The van der Waals surface area contributed by atoms with Crippen molar-refractivity contribution >= 4 is 28.6 Å². The number of halogens is 1. The maximum absolute atomic E-state index is 13.7. The summed E-state index contributed by atoms with van der Waals surface area (Å²) in [6.45, 7) is 0. The van der Waals surface area contributed by atoms with Crippen LogP contribution in [0.25, 0.3) is 0 Å². The van der Waals surface area contributed by atoms with Crippen LogP contribution in [0.4, 0.5) is 15.8 Å². The average Bonchev–Trinajstić information content (AvgIpc) is 2.39. The van der Waals surface area contributed by atoms with Crippen LogP contribution in [-0.2, 0) is 0 Å². The first-order valence-electron chi connectivity index (χ1n) is 5.61. The summed E-state index contributed by atoms with van der Waals surface area (Å²) in [4.78, 5) is 0.0429. The highest BCUT2D eigenvalue weighted by Gasteiger charge is 2.07.